The highest BCUT2D eigenvalue weighted by molar-refractivity contribution is 7.89. The number of nitrogens with one attached hydrogen (secondary N) is 1. The van der Waals surface area contributed by atoms with E-state index in [9.17, 15) is 18.3 Å². The maximum absolute atomic E-state index is 13.4. The number of rotatable bonds is 7. The second-order valence-electron chi connectivity index (χ2n) is 9.12. The Morgan fingerprint density at radius 1 is 1.12 bits per heavy atom. The maximum Gasteiger partial charge on any atom is 0.243 e. The van der Waals surface area contributed by atoms with Crippen molar-refractivity contribution in [2.24, 2.45) is 0 Å². The topological polar surface area (TPSA) is 108 Å². The molecule has 2 N–H and O–H groups in total. The van der Waals surface area contributed by atoms with Crippen molar-refractivity contribution in [3.05, 3.63) is 30.3 Å². The molecule has 0 unspecified atom stereocenters. The third-order valence-electron chi connectivity index (χ3n) is 6.65. The normalized spacial score (nSPS) is 29.7. The maximum atomic E-state index is 13.4. The van der Waals surface area contributed by atoms with E-state index in [0.717, 1.165) is 19.6 Å². The molecule has 9 nitrogen and oxygen atoms in total. The number of ether oxygens (including phenoxy) is 2. The third kappa shape index (κ3) is 6.32. The van der Waals surface area contributed by atoms with Gasteiger partial charge in [-0.05, 0) is 50.9 Å². The highest BCUT2D eigenvalue weighted by Crippen LogP contribution is 2.31. The number of hydrogen-bond donors (Lipinski definition) is 2. The summed E-state index contributed by atoms with van der Waals surface area (Å²) in [5.74, 6) is -0.0476. The average Bonchev–Trinajstić information content (AvgIpc) is 3.31. The lowest BCUT2D eigenvalue weighted by Crippen LogP contribution is -2.57. The zero-order chi connectivity index (χ0) is 23.3. The van der Waals surface area contributed by atoms with Crippen LogP contribution in [-0.2, 0) is 24.3 Å². The monoisotopic (exact) mass is 481 g/mol. The van der Waals surface area contributed by atoms with Crippen molar-refractivity contribution >= 4 is 15.9 Å². The zero-order valence-corrected chi connectivity index (χ0v) is 19.8. The van der Waals surface area contributed by atoms with Crippen molar-refractivity contribution in [3.8, 4) is 0 Å². The molecule has 0 saturated carbocycles. The van der Waals surface area contributed by atoms with Gasteiger partial charge in [0.2, 0.25) is 15.9 Å². The standard InChI is InChI=1S/C23H35N3O6S/c27-18-15-26(33(29,30)20-6-2-1-3-7-20)21-9-8-19(32-22(21)17-31-16-18)14-23(28)24-10-13-25-11-4-5-12-25/h1-3,6-7,18-19,21-22,27H,4-5,8-17H2,(H,24,28)/t18-,19+,21+,22-/m0/s1. The van der Waals surface area contributed by atoms with Gasteiger partial charge in [-0.1, -0.05) is 18.2 Å². The Bertz CT molecular complexity index is 877. The van der Waals surface area contributed by atoms with Crippen LogP contribution < -0.4 is 5.32 Å². The zero-order valence-electron chi connectivity index (χ0n) is 19.0. The highest BCUT2D eigenvalue weighted by Gasteiger charge is 2.43. The van der Waals surface area contributed by atoms with E-state index in [1.54, 1.807) is 30.3 Å². The summed E-state index contributed by atoms with van der Waals surface area (Å²) in [6, 6.07) is 7.80. The summed E-state index contributed by atoms with van der Waals surface area (Å²) in [6.45, 7) is 3.85. The van der Waals surface area contributed by atoms with E-state index >= 15 is 0 Å². The Balaban J connectivity index is 1.37. The lowest BCUT2D eigenvalue weighted by atomic mass is 9.96. The second-order valence-corrected chi connectivity index (χ2v) is 11.0. The Labute approximate surface area is 196 Å². The number of hydrogen-bond acceptors (Lipinski definition) is 7. The van der Waals surface area contributed by atoms with Crippen molar-refractivity contribution in [2.75, 3.05) is 45.9 Å². The number of nitrogens with zero attached hydrogens (tertiary/aromatic N) is 2. The molecule has 3 aliphatic rings. The van der Waals surface area contributed by atoms with E-state index in [-0.39, 0.29) is 43.1 Å². The lowest BCUT2D eigenvalue weighted by Gasteiger charge is -2.43. The minimum Gasteiger partial charge on any atom is -0.389 e. The van der Waals surface area contributed by atoms with Crippen LogP contribution in [0.3, 0.4) is 0 Å². The number of carbonyl (C=O) groups is 1. The van der Waals surface area contributed by atoms with Crippen molar-refractivity contribution in [2.45, 2.75) is 61.4 Å². The van der Waals surface area contributed by atoms with Crippen LogP contribution in [0.5, 0.6) is 0 Å². The summed E-state index contributed by atoms with van der Waals surface area (Å²) >= 11 is 0. The van der Waals surface area contributed by atoms with Gasteiger partial charge in [0.15, 0.2) is 0 Å². The second kappa shape index (κ2) is 11.2. The quantitative estimate of drug-likeness (QED) is 0.587. The van der Waals surface area contributed by atoms with Gasteiger partial charge < -0.3 is 24.8 Å². The van der Waals surface area contributed by atoms with Crippen LogP contribution in [0.2, 0.25) is 0 Å². The van der Waals surface area contributed by atoms with Crippen LogP contribution in [0.15, 0.2) is 35.2 Å². The molecule has 0 spiro atoms. The largest absolute Gasteiger partial charge is 0.389 e. The number of aliphatic hydroxyl groups is 1. The Kier molecular flexibility index (Phi) is 8.37. The number of amides is 1. The number of sulfonamides is 1. The van der Waals surface area contributed by atoms with Crippen LogP contribution in [0.25, 0.3) is 0 Å². The van der Waals surface area contributed by atoms with Gasteiger partial charge in [0.25, 0.3) is 0 Å². The number of β-amino-alcohol motifs (C(OH)–C–C–N with tert-alkyl or cyclic N) is 1. The Morgan fingerprint density at radius 3 is 2.64 bits per heavy atom. The molecular formula is C23H35N3O6S. The van der Waals surface area contributed by atoms with Crippen LogP contribution in [0, 0.1) is 0 Å². The van der Waals surface area contributed by atoms with Crippen molar-refractivity contribution in [1.82, 2.24) is 14.5 Å². The van der Waals surface area contributed by atoms with Crippen LogP contribution in [-0.4, -0.2) is 98.9 Å². The van der Waals surface area contributed by atoms with E-state index in [1.165, 1.54) is 17.1 Å². The molecule has 0 aliphatic carbocycles. The molecule has 0 bridgehead atoms. The molecule has 3 fully saturated rings. The molecule has 4 atom stereocenters. The van der Waals surface area contributed by atoms with E-state index in [2.05, 4.69) is 10.2 Å². The molecule has 3 heterocycles. The van der Waals surface area contributed by atoms with Gasteiger partial charge in [-0.15, -0.1) is 0 Å². The average molecular weight is 482 g/mol. The predicted octanol–water partition coefficient (Wildman–Crippen LogP) is 0.587. The number of aliphatic hydroxyl groups excluding tert-OH is 1. The summed E-state index contributed by atoms with van der Waals surface area (Å²) in [7, 11) is -3.81. The van der Waals surface area contributed by atoms with E-state index in [1.807, 2.05) is 0 Å². The first-order valence-corrected chi connectivity index (χ1v) is 13.3. The highest BCUT2D eigenvalue weighted by atomic mass is 32.2. The van der Waals surface area contributed by atoms with Crippen molar-refractivity contribution in [3.63, 3.8) is 0 Å². The first-order valence-electron chi connectivity index (χ1n) is 11.9. The molecule has 3 saturated heterocycles. The van der Waals surface area contributed by atoms with Gasteiger partial charge in [-0.2, -0.15) is 4.31 Å². The summed E-state index contributed by atoms with van der Waals surface area (Å²) in [5, 5.41) is 13.3. The molecule has 33 heavy (non-hydrogen) atoms. The summed E-state index contributed by atoms with van der Waals surface area (Å²) in [5.41, 5.74) is 0. The minimum atomic E-state index is -3.81. The molecule has 1 aromatic carbocycles. The van der Waals surface area contributed by atoms with Crippen molar-refractivity contribution < 1.29 is 27.8 Å². The summed E-state index contributed by atoms with van der Waals surface area (Å²) in [4.78, 5) is 15.0. The number of fused-ring (bicyclic) bond motifs is 1. The SMILES string of the molecule is O=C(C[C@H]1CC[C@@H]2[C@H](COC[C@@H](O)CN2S(=O)(=O)c2ccccc2)O1)NCCN1CCCC1. The van der Waals surface area contributed by atoms with Crippen molar-refractivity contribution in [1.29, 1.82) is 0 Å². The first-order chi connectivity index (χ1) is 15.9. The van der Waals surface area contributed by atoms with Gasteiger partial charge >= 0.3 is 0 Å². The first kappa shape index (κ1) is 24.6. The third-order valence-corrected chi connectivity index (χ3v) is 8.55. The molecule has 1 amide bonds. The van der Waals surface area contributed by atoms with E-state index in [0.29, 0.717) is 19.4 Å². The molecular weight excluding hydrogens is 446 g/mol. The van der Waals surface area contributed by atoms with Crippen LogP contribution in [0.4, 0.5) is 0 Å². The Hall–Kier alpha value is -1.56. The molecule has 3 aliphatic heterocycles. The molecule has 0 aromatic heterocycles. The molecule has 4 rings (SSSR count). The van der Waals surface area contributed by atoms with Gasteiger partial charge in [0.1, 0.15) is 0 Å². The van der Waals surface area contributed by atoms with E-state index in [4.69, 9.17) is 9.47 Å². The number of benzene rings is 1. The summed E-state index contributed by atoms with van der Waals surface area (Å²) < 4.78 is 39.9. The molecule has 10 heteroatoms. The predicted molar refractivity (Wildman–Crippen MR) is 122 cm³/mol. The molecule has 0 radical (unpaired) electrons. The van der Waals surface area contributed by atoms with Crippen LogP contribution in [0.1, 0.15) is 32.1 Å². The van der Waals surface area contributed by atoms with Gasteiger partial charge in [0, 0.05) is 19.6 Å². The smallest absolute Gasteiger partial charge is 0.243 e. The fourth-order valence-electron chi connectivity index (χ4n) is 4.94. The Morgan fingerprint density at radius 2 is 1.88 bits per heavy atom. The fraction of sp³-hybridized carbons (Fsp3) is 0.696. The van der Waals surface area contributed by atoms with Gasteiger partial charge in [0.05, 0.1) is 48.9 Å². The van der Waals surface area contributed by atoms with Crippen LogP contribution >= 0.6 is 0 Å². The van der Waals surface area contributed by atoms with Gasteiger partial charge in [-0.3, -0.25) is 4.79 Å². The summed E-state index contributed by atoms with van der Waals surface area (Å²) in [6.07, 6.45) is 2.11. The molecule has 1 aromatic rings. The van der Waals surface area contributed by atoms with Gasteiger partial charge in [-0.25, -0.2) is 8.42 Å². The molecule has 184 valence electrons. The van der Waals surface area contributed by atoms with E-state index < -0.39 is 28.3 Å². The number of carbonyl (C=O) groups excluding carboxylic acids is 1. The lowest BCUT2D eigenvalue weighted by molar-refractivity contribution is -0.146. The fourth-order valence-corrected chi connectivity index (χ4v) is 6.68. The number of likely N-dealkylation sites (tertiary alicyclic amines) is 1. The minimum absolute atomic E-state index is 0.0367.